The number of carbonyl (C=O) groups excluding carboxylic acids is 2. The van der Waals surface area contributed by atoms with Crippen LogP contribution in [0.5, 0.6) is 0 Å². The lowest BCUT2D eigenvalue weighted by molar-refractivity contribution is -0.344. The first-order valence-electron chi connectivity index (χ1n) is 22.7. The molecule has 0 aromatic heterocycles. The molecule has 13 nitrogen and oxygen atoms in total. The molecule has 2 aliphatic heterocycles. The van der Waals surface area contributed by atoms with Crippen LogP contribution in [-0.2, 0) is 90.0 Å². The van der Waals surface area contributed by atoms with Gasteiger partial charge in [0.1, 0.15) is 49.3 Å². The van der Waals surface area contributed by atoms with Crippen LogP contribution in [-0.4, -0.2) is 91.7 Å². The van der Waals surface area contributed by atoms with Gasteiger partial charge in [-0.3, -0.25) is 9.59 Å². The normalized spacial score (nSPS) is 25.3. The smallest absolute Gasteiger partial charge is 0.311 e. The lowest BCUT2D eigenvalue weighted by Crippen LogP contribution is -2.64. The monoisotopic (exact) mass is 918 g/mol. The number of hydrogen-bond acceptors (Lipinski definition) is 13. The lowest BCUT2D eigenvalue weighted by atomic mass is 9.96. The van der Waals surface area contributed by atoms with Crippen LogP contribution >= 0.6 is 0 Å². The van der Waals surface area contributed by atoms with E-state index in [1.807, 2.05) is 152 Å². The van der Waals surface area contributed by atoms with Gasteiger partial charge in [0, 0.05) is 6.92 Å². The zero-order chi connectivity index (χ0) is 47.0. The Balaban J connectivity index is 1.20. The van der Waals surface area contributed by atoms with Gasteiger partial charge >= 0.3 is 11.9 Å². The predicted molar refractivity (Wildman–Crippen MR) is 247 cm³/mol. The summed E-state index contributed by atoms with van der Waals surface area (Å²) >= 11 is 0. The van der Waals surface area contributed by atoms with Crippen LogP contribution in [0.15, 0.2) is 152 Å². The Bertz CT molecular complexity index is 2210. The second-order valence-corrected chi connectivity index (χ2v) is 17.7. The van der Waals surface area contributed by atoms with Crippen molar-refractivity contribution in [3.63, 3.8) is 0 Å². The Morgan fingerprint density at radius 1 is 0.463 bits per heavy atom. The van der Waals surface area contributed by atoms with E-state index in [1.165, 1.54) is 6.92 Å². The SMILES string of the molecule is CC(=O)O[C@H]1[C@H](OC[C@H]2O[C@H](O)[C@H](OCc3ccccc3)[C@@H](OCc3ccccc3)[C@@H]2OCc2ccccc2)O[C@H](COC(=O)C(C)(C)C)[C@@H](OCc2ccccc2)[C@@H]1OCc1ccccc1. The second kappa shape index (κ2) is 24.6. The van der Waals surface area contributed by atoms with Crippen LogP contribution in [0.4, 0.5) is 0 Å². The molecule has 5 aromatic rings. The Labute approximate surface area is 393 Å². The van der Waals surface area contributed by atoms with Gasteiger partial charge in [-0.2, -0.15) is 0 Å². The zero-order valence-electron chi connectivity index (χ0n) is 38.5. The number of esters is 2. The Kier molecular flexibility index (Phi) is 18.2. The average molecular weight is 919 g/mol. The molecule has 2 heterocycles. The largest absolute Gasteiger partial charge is 0.462 e. The summed E-state index contributed by atoms with van der Waals surface area (Å²) in [5.41, 5.74) is 3.62. The highest BCUT2D eigenvalue weighted by molar-refractivity contribution is 5.75. The molecule has 0 unspecified atom stereocenters. The van der Waals surface area contributed by atoms with Crippen molar-refractivity contribution in [3.8, 4) is 0 Å². The third kappa shape index (κ3) is 14.6. The van der Waals surface area contributed by atoms with E-state index in [1.54, 1.807) is 20.8 Å². The molecule has 356 valence electrons. The predicted octanol–water partition coefficient (Wildman–Crippen LogP) is 7.89. The first-order chi connectivity index (χ1) is 32.5. The fourth-order valence-electron chi connectivity index (χ4n) is 7.85. The molecule has 0 amide bonds. The molecule has 0 saturated carbocycles. The van der Waals surface area contributed by atoms with Gasteiger partial charge in [0.15, 0.2) is 18.7 Å². The quantitative estimate of drug-likeness (QED) is 0.0713. The number of ether oxygens (including phenoxy) is 10. The molecular formula is C54H62O13. The van der Waals surface area contributed by atoms with Crippen molar-refractivity contribution < 1.29 is 62.1 Å². The van der Waals surface area contributed by atoms with Crippen molar-refractivity contribution in [1.29, 1.82) is 0 Å². The third-order valence-corrected chi connectivity index (χ3v) is 11.3. The topological polar surface area (TPSA) is 147 Å². The minimum Gasteiger partial charge on any atom is -0.462 e. The van der Waals surface area contributed by atoms with Gasteiger partial charge in [-0.25, -0.2) is 0 Å². The van der Waals surface area contributed by atoms with Crippen LogP contribution in [0.2, 0.25) is 0 Å². The summed E-state index contributed by atoms with van der Waals surface area (Å²) in [4.78, 5) is 26.3. The van der Waals surface area contributed by atoms with Gasteiger partial charge in [-0.15, -0.1) is 0 Å². The van der Waals surface area contributed by atoms with Crippen LogP contribution in [0.3, 0.4) is 0 Å². The maximum Gasteiger partial charge on any atom is 0.311 e. The van der Waals surface area contributed by atoms with Crippen molar-refractivity contribution in [3.05, 3.63) is 179 Å². The molecule has 1 N–H and O–H groups in total. The van der Waals surface area contributed by atoms with Crippen molar-refractivity contribution in [2.75, 3.05) is 13.2 Å². The first-order valence-corrected chi connectivity index (χ1v) is 22.7. The molecule has 13 heteroatoms. The van der Waals surface area contributed by atoms with Crippen LogP contribution in [0, 0.1) is 5.41 Å². The van der Waals surface area contributed by atoms with Gasteiger partial charge in [0.05, 0.1) is 45.1 Å². The standard InChI is InChI=1S/C54H62O13/c1-37(55)65-50-48(61-33-41-26-16-8-17-27-41)46(59-31-39-22-12-6-13-23-39)44(36-64-53(57)54(2,3)4)67-52(50)63-35-43-45(58-30-38-20-10-5-11-21-38)47(60-32-40-24-14-7-15-25-40)49(51(56)66-43)62-34-42-28-18-9-19-29-42/h5-29,43-52,56H,30-36H2,1-4H3/t43-,44-,45-,46-,47+,48+,49-,50-,51+,52-/m1/s1. The summed E-state index contributed by atoms with van der Waals surface area (Å²) < 4.78 is 64.7. The van der Waals surface area contributed by atoms with Crippen LogP contribution in [0.1, 0.15) is 55.5 Å². The molecule has 2 aliphatic rings. The summed E-state index contributed by atoms with van der Waals surface area (Å²) in [6.45, 7) is 6.89. The molecule has 2 fully saturated rings. The summed E-state index contributed by atoms with van der Waals surface area (Å²) in [6, 6.07) is 48.1. The highest BCUT2D eigenvalue weighted by atomic mass is 16.7. The van der Waals surface area contributed by atoms with E-state index in [2.05, 4.69) is 0 Å². The van der Waals surface area contributed by atoms with E-state index in [0.717, 1.165) is 27.8 Å². The molecule has 0 bridgehead atoms. The maximum absolute atomic E-state index is 13.2. The van der Waals surface area contributed by atoms with E-state index < -0.39 is 78.8 Å². The Morgan fingerprint density at radius 3 is 1.18 bits per heavy atom. The summed E-state index contributed by atoms with van der Waals surface area (Å²) in [5.74, 6) is -1.07. The average Bonchev–Trinajstić information content (AvgIpc) is 3.34. The fraction of sp³-hybridized carbons (Fsp3) is 0.407. The number of aliphatic hydroxyl groups is 1. The van der Waals surface area contributed by atoms with E-state index in [4.69, 9.17) is 47.4 Å². The number of hydrogen-bond donors (Lipinski definition) is 1. The number of benzene rings is 5. The highest BCUT2D eigenvalue weighted by Gasteiger charge is 2.53. The molecule has 5 aromatic carbocycles. The summed E-state index contributed by atoms with van der Waals surface area (Å²) in [5, 5.41) is 11.8. The molecule has 10 atom stereocenters. The van der Waals surface area contributed by atoms with Gasteiger partial charge in [-0.1, -0.05) is 152 Å². The van der Waals surface area contributed by atoms with Crippen LogP contribution in [0.25, 0.3) is 0 Å². The van der Waals surface area contributed by atoms with E-state index in [-0.39, 0.29) is 46.2 Å². The molecule has 67 heavy (non-hydrogen) atoms. The molecule has 0 aliphatic carbocycles. The number of aliphatic hydroxyl groups excluding tert-OH is 1. The second-order valence-electron chi connectivity index (χ2n) is 17.7. The van der Waals surface area contributed by atoms with Gasteiger partial charge in [0.25, 0.3) is 0 Å². The summed E-state index contributed by atoms with van der Waals surface area (Å²) in [7, 11) is 0. The fourth-order valence-corrected chi connectivity index (χ4v) is 7.85. The molecule has 2 saturated heterocycles. The van der Waals surface area contributed by atoms with Crippen molar-refractivity contribution >= 4 is 11.9 Å². The van der Waals surface area contributed by atoms with Gasteiger partial charge in [0.2, 0.25) is 0 Å². The lowest BCUT2D eigenvalue weighted by Gasteiger charge is -2.47. The number of carbonyl (C=O) groups is 2. The van der Waals surface area contributed by atoms with Gasteiger partial charge in [-0.05, 0) is 48.6 Å². The molecule has 7 rings (SSSR count). The third-order valence-electron chi connectivity index (χ3n) is 11.3. The number of rotatable bonds is 21. The minimum atomic E-state index is -1.48. The molecular weight excluding hydrogens is 857 g/mol. The highest BCUT2D eigenvalue weighted by Crippen LogP contribution is 2.34. The van der Waals surface area contributed by atoms with Crippen molar-refractivity contribution in [2.45, 2.75) is 122 Å². The van der Waals surface area contributed by atoms with E-state index >= 15 is 0 Å². The van der Waals surface area contributed by atoms with Crippen molar-refractivity contribution in [2.24, 2.45) is 5.41 Å². The maximum atomic E-state index is 13.2. The van der Waals surface area contributed by atoms with Gasteiger partial charge < -0.3 is 52.5 Å². The Morgan fingerprint density at radius 2 is 0.806 bits per heavy atom. The first kappa shape index (κ1) is 49.6. The Hall–Kier alpha value is -5.32. The molecule has 0 radical (unpaired) electrons. The van der Waals surface area contributed by atoms with Crippen molar-refractivity contribution in [1.82, 2.24) is 0 Å². The summed E-state index contributed by atoms with van der Waals surface area (Å²) in [6.07, 6.45) is -10.6. The zero-order valence-corrected chi connectivity index (χ0v) is 38.5. The molecule has 0 spiro atoms. The minimum absolute atomic E-state index is 0.119. The van der Waals surface area contributed by atoms with E-state index in [9.17, 15) is 14.7 Å². The van der Waals surface area contributed by atoms with E-state index in [0.29, 0.717) is 0 Å². The van der Waals surface area contributed by atoms with Crippen LogP contribution < -0.4 is 0 Å².